The van der Waals surface area contributed by atoms with Crippen LogP contribution in [0, 0.1) is 5.41 Å². The molecule has 18 heavy (non-hydrogen) atoms. The maximum atomic E-state index is 12.1. The normalized spacial score (nSPS) is 18.8. The average molecular weight is 248 g/mol. The number of barbiturate groups is 1. The zero-order chi connectivity index (χ0) is 13.3. The topological polar surface area (TPSA) is 92.3 Å². The smallest absolute Gasteiger partial charge is 0.277 e. The van der Waals surface area contributed by atoms with Gasteiger partial charge in [-0.25, -0.2) is 14.8 Å². The van der Waals surface area contributed by atoms with Gasteiger partial charge in [-0.05, 0) is 19.9 Å². The summed E-state index contributed by atoms with van der Waals surface area (Å²) < 4.78 is 0. The van der Waals surface area contributed by atoms with Crippen molar-refractivity contribution >= 4 is 17.8 Å². The molecule has 1 fully saturated rings. The summed E-state index contributed by atoms with van der Waals surface area (Å²) in [6.07, 6.45) is 2.85. The van der Waals surface area contributed by atoms with Crippen LogP contribution in [0.5, 0.6) is 0 Å². The molecule has 4 amide bonds. The fourth-order valence-electron chi connectivity index (χ4n) is 1.56. The maximum Gasteiger partial charge on any atom is 0.331 e. The number of hydrogen-bond acceptors (Lipinski definition) is 5. The summed E-state index contributed by atoms with van der Waals surface area (Å²) in [4.78, 5) is 43.9. The van der Waals surface area contributed by atoms with Crippen LogP contribution in [0.4, 0.5) is 4.79 Å². The SMILES string of the molecule is CC1(C)C(=O)NC(=O)N(Cc2ccncn2)C1=O. The molecule has 1 aromatic heterocycles. The van der Waals surface area contributed by atoms with Crippen LogP contribution in [-0.4, -0.2) is 32.7 Å². The van der Waals surface area contributed by atoms with Crippen molar-refractivity contribution in [2.24, 2.45) is 5.41 Å². The Morgan fingerprint density at radius 3 is 2.67 bits per heavy atom. The van der Waals surface area contributed by atoms with Gasteiger partial charge in [0.05, 0.1) is 12.2 Å². The monoisotopic (exact) mass is 248 g/mol. The highest BCUT2D eigenvalue weighted by atomic mass is 16.2. The molecule has 2 heterocycles. The van der Waals surface area contributed by atoms with E-state index in [1.807, 2.05) is 0 Å². The van der Waals surface area contributed by atoms with Crippen LogP contribution < -0.4 is 5.32 Å². The number of rotatable bonds is 2. The zero-order valence-electron chi connectivity index (χ0n) is 10.0. The number of nitrogens with zero attached hydrogens (tertiary/aromatic N) is 3. The molecule has 1 N–H and O–H groups in total. The van der Waals surface area contributed by atoms with Crippen molar-refractivity contribution in [1.82, 2.24) is 20.2 Å². The van der Waals surface area contributed by atoms with E-state index in [1.165, 1.54) is 26.4 Å². The van der Waals surface area contributed by atoms with Gasteiger partial charge < -0.3 is 0 Å². The zero-order valence-corrected chi connectivity index (χ0v) is 10.0. The molecule has 0 unspecified atom stereocenters. The predicted molar refractivity (Wildman–Crippen MR) is 59.9 cm³/mol. The standard InChI is InChI=1S/C11H12N4O3/c1-11(2)8(16)14-10(18)15(9(11)17)5-7-3-4-12-6-13-7/h3-4,6H,5H2,1-2H3,(H,14,16,18). The van der Waals surface area contributed by atoms with Crippen molar-refractivity contribution in [2.45, 2.75) is 20.4 Å². The lowest BCUT2D eigenvalue weighted by Gasteiger charge is -2.34. The molecule has 1 aliphatic rings. The lowest BCUT2D eigenvalue weighted by molar-refractivity contribution is -0.149. The summed E-state index contributed by atoms with van der Waals surface area (Å²) in [6, 6.07) is 0.882. The fraction of sp³-hybridized carbons (Fsp3) is 0.364. The number of carbonyl (C=O) groups excluding carboxylic acids is 3. The van der Waals surface area contributed by atoms with Crippen molar-refractivity contribution < 1.29 is 14.4 Å². The van der Waals surface area contributed by atoms with E-state index in [2.05, 4.69) is 15.3 Å². The summed E-state index contributed by atoms with van der Waals surface area (Å²) in [5.41, 5.74) is -0.723. The van der Waals surface area contributed by atoms with Gasteiger partial charge in [-0.3, -0.25) is 19.8 Å². The van der Waals surface area contributed by atoms with E-state index in [1.54, 1.807) is 6.07 Å². The Bertz CT molecular complexity index is 512. The maximum absolute atomic E-state index is 12.1. The van der Waals surface area contributed by atoms with Crippen LogP contribution in [0.2, 0.25) is 0 Å². The molecule has 94 valence electrons. The Balaban J connectivity index is 2.25. The first-order valence-corrected chi connectivity index (χ1v) is 5.35. The molecule has 2 rings (SSSR count). The molecule has 0 bridgehead atoms. The second kappa shape index (κ2) is 4.17. The van der Waals surface area contributed by atoms with Crippen LogP contribution in [0.3, 0.4) is 0 Å². The molecule has 1 saturated heterocycles. The van der Waals surface area contributed by atoms with Gasteiger partial charge in [0.25, 0.3) is 0 Å². The van der Waals surface area contributed by atoms with Crippen molar-refractivity contribution in [3.05, 3.63) is 24.3 Å². The minimum absolute atomic E-state index is 0.0178. The van der Waals surface area contributed by atoms with Crippen LogP contribution in [0.1, 0.15) is 19.5 Å². The summed E-state index contributed by atoms with van der Waals surface area (Å²) in [6.45, 7) is 2.97. The van der Waals surface area contributed by atoms with Gasteiger partial charge in [0.15, 0.2) is 0 Å². The molecule has 0 aliphatic carbocycles. The molecule has 7 heteroatoms. The first kappa shape index (κ1) is 12.2. The van der Waals surface area contributed by atoms with Gasteiger partial charge in [-0.2, -0.15) is 0 Å². The minimum atomic E-state index is -1.25. The van der Waals surface area contributed by atoms with Gasteiger partial charge >= 0.3 is 6.03 Å². The third-order valence-electron chi connectivity index (χ3n) is 2.78. The predicted octanol–water partition coefficient (Wildman–Crippen LogP) is 0.0812. The number of urea groups is 1. The summed E-state index contributed by atoms with van der Waals surface area (Å²) in [5, 5.41) is 2.15. The van der Waals surface area contributed by atoms with Gasteiger partial charge in [0.1, 0.15) is 11.7 Å². The Morgan fingerprint density at radius 2 is 2.06 bits per heavy atom. The van der Waals surface area contributed by atoms with Gasteiger partial charge in [-0.1, -0.05) is 0 Å². The second-order valence-corrected chi connectivity index (χ2v) is 4.48. The number of aromatic nitrogens is 2. The number of amides is 4. The highest BCUT2D eigenvalue weighted by Crippen LogP contribution is 2.24. The minimum Gasteiger partial charge on any atom is -0.277 e. The molecule has 0 aromatic carbocycles. The van der Waals surface area contributed by atoms with E-state index in [9.17, 15) is 14.4 Å². The van der Waals surface area contributed by atoms with Crippen molar-refractivity contribution in [2.75, 3.05) is 0 Å². The van der Waals surface area contributed by atoms with Crippen LogP contribution >= 0.6 is 0 Å². The van der Waals surface area contributed by atoms with Crippen LogP contribution in [-0.2, 0) is 16.1 Å². The van der Waals surface area contributed by atoms with Crippen molar-refractivity contribution in [1.29, 1.82) is 0 Å². The molecule has 7 nitrogen and oxygen atoms in total. The lowest BCUT2D eigenvalue weighted by atomic mass is 9.89. The first-order chi connectivity index (χ1) is 8.43. The summed E-state index contributed by atoms with van der Waals surface area (Å²) in [7, 11) is 0. The fourth-order valence-corrected chi connectivity index (χ4v) is 1.56. The Kier molecular flexibility index (Phi) is 2.82. The van der Waals surface area contributed by atoms with E-state index >= 15 is 0 Å². The molecule has 1 aromatic rings. The summed E-state index contributed by atoms with van der Waals surface area (Å²) in [5.74, 6) is -1.12. The Labute approximate surface area is 103 Å². The van der Waals surface area contributed by atoms with E-state index in [0.29, 0.717) is 5.69 Å². The number of nitrogens with one attached hydrogen (secondary N) is 1. The van der Waals surface area contributed by atoms with Gasteiger partial charge in [0.2, 0.25) is 11.8 Å². The Morgan fingerprint density at radius 1 is 1.33 bits per heavy atom. The number of imide groups is 2. The van der Waals surface area contributed by atoms with Gasteiger partial charge in [0, 0.05) is 6.20 Å². The third-order valence-corrected chi connectivity index (χ3v) is 2.78. The molecule has 1 aliphatic heterocycles. The van der Waals surface area contributed by atoms with E-state index in [-0.39, 0.29) is 6.54 Å². The lowest BCUT2D eigenvalue weighted by Crippen LogP contribution is -2.61. The second-order valence-electron chi connectivity index (χ2n) is 4.48. The summed E-state index contributed by atoms with van der Waals surface area (Å²) >= 11 is 0. The Hall–Kier alpha value is -2.31. The van der Waals surface area contributed by atoms with E-state index in [0.717, 1.165) is 4.90 Å². The highest BCUT2D eigenvalue weighted by Gasteiger charge is 2.46. The quantitative estimate of drug-likeness (QED) is 0.748. The van der Waals surface area contributed by atoms with E-state index in [4.69, 9.17) is 0 Å². The van der Waals surface area contributed by atoms with E-state index < -0.39 is 23.3 Å². The van der Waals surface area contributed by atoms with Gasteiger partial charge in [-0.15, -0.1) is 0 Å². The van der Waals surface area contributed by atoms with Crippen molar-refractivity contribution in [3.63, 3.8) is 0 Å². The number of carbonyl (C=O) groups is 3. The molecular formula is C11H12N4O3. The molecule has 0 atom stereocenters. The van der Waals surface area contributed by atoms with Crippen LogP contribution in [0.15, 0.2) is 18.6 Å². The average Bonchev–Trinajstić information content (AvgIpc) is 2.34. The van der Waals surface area contributed by atoms with Crippen LogP contribution in [0.25, 0.3) is 0 Å². The third kappa shape index (κ3) is 1.94. The molecule has 0 radical (unpaired) electrons. The molecule has 0 spiro atoms. The highest BCUT2D eigenvalue weighted by molar-refractivity contribution is 6.18. The largest absolute Gasteiger partial charge is 0.331 e. The molecule has 0 saturated carbocycles. The first-order valence-electron chi connectivity index (χ1n) is 5.35. The number of hydrogen-bond donors (Lipinski definition) is 1. The molecular weight excluding hydrogens is 236 g/mol. The van der Waals surface area contributed by atoms with Crippen molar-refractivity contribution in [3.8, 4) is 0 Å².